The summed E-state index contributed by atoms with van der Waals surface area (Å²) in [6.45, 7) is 2.17. The normalized spacial score (nSPS) is 10.2. The Kier molecular flexibility index (Phi) is 6.41. The van der Waals surface area contributed by atoms with E-state index in [1.165, 1.54) is 12.1 Å². The number of fused-ring (bicyclic) bond motifs is 1. The second-order valence-corrected chi connectivity index (χ2v) is 5.49. The van der Waals surface area contributed by atoms with E-state index in [4.69, 9.17) is 4.74 Å². The van der Waals surface area contributed by atoms with Crippen molar-refractivity contribution in [3.05, 3.63) is 76.5 Å². The number of nitro groups is 1. The number of rotatable bonds is 6. The van der Waals surface area contributed by atoms with E-state index in [9.17, 15) is 14.9 Å². The Hall–Kier alpha value is -2.80. The fourth-order valence-corrected chi connectivity index (χ4v) is 2.72. The number of hydrogen-bond acceptors (Lipinski definition) is 4. The molecule has 3 rings (SSSR count). The summed E-state index contributed by atoms with van der Waals surface area (Å²) in [5, 5.41) is 12.2. The van der Waals surface area contributed by atoms with Crippen LogP contribution in [-0.4, -0.2) is 17.3 Å². The Morgan fingerprint density at radius 1 is 1.15 bits per heavy atom. The Morgan fingerprint density at radius 3 is 2.62 bits per heavy atom. The van der Waals surface area contributed by atoms with Crippen LogP contribution >= 0.6 is 0 Å². The van der Waals surface area contributed by atoms with E-state index < -0.39 is 4.92 Å². The summed E-state index contributed by atoms with van der Waals surface area (Å²) in [7, 11) is 0. The molecular weight excluding hydrogens is 400 g/mol. The number of aromatic nitrogens is 1. The molecular formula is C19H17BrN2O4. The molecule has 7 heteroatoms. The minimum absolute atomic E-state index is 0. The molecule has 0 fully saturated rings. The van der Waals surface area contributed by atoms with Crippen molar-refractivity contribution in [2.75, 3.05) is 6.61 Å². The number of pyridine rings is 1. The van der Waals surface area contributed by atoms with Gasteiger partial charge in [0.25, 0.3) is 0 Å². The van der Waals surface area contributed by atoms with Crippen molar-refractivity contribution >= 4 is 22.4 Å². The standard InChI is InChI=1S/C19H17N2O4.BrH/c1-2-25-19-10-9-15(12-17(19)21(23)24)18(22)13-20-11-5-7-14-6-3-4-8-16(14)20;/h3-12H,2,13H2,1H3;1H/q+1;/p-1. The number of benzene rings is 2. The van der Waals surface area contributed by atoms with Gasteiger partial charge in [0.05, 0.1) is 11.5 Å². The number of ether oxygens (including phenoxy) is 1. The molecule has 0 radical (unpaired) electrons. The number of para-hydroxylation sites is 1. The summed E-state index contributed by atoms with van der Waals surface area (Å²) in [5.74, 6) is -0.0330. The Balaban J connectivity index is 0.00000243. The molecule has 1 aromatic heterocycles. The zero-order valence-corrected chi connectivity index (χ0v) is 15.7. The average molecular weight is 417 g/mol. The van der Waals surface area contributed by atoms with E-state index in [-0.39, 0.29) is 46.3 Å². The molecule has 0 aliphatic rings. The highest BCUT2D eigenvalue weighted by Gasteiger charge is 2.21. The summed E-state index contributed by atoms with van der Waals surface area (Å²) < 4.78 is 7.08. The number of nitrogens with zero attached hydrogens (tertiary/aromatic N) is 2. The van der Waals surface area contributed by atoms with E-state index >= 15 is 0 Å². The molecule has 0 bridgehead atoms. The molecule has 1 heterocycles. The Labute approximate surface area is 161 Å². The van der Waals surface area contributed by atoms with Crippen LogP contribution in [0.25, 0.3) is 10.9 Å². The molecule has 134 valence electrons. The Morgan fingerprint density at radius 2 is 1.88 bits per heavy atom. The van der Waals surface area contributed by atoms with Gasteiger partial charge >= 0.3 is 5.69 Å². The van der Waals surface area contributed by atoms with Gasteiger partial charge < -0.3 is 21.7 Å². The molecule has 0 saturated carbocycles. The number of nitro benzene ring substituents is 1. The van der Waals surface area contributed by atoms with Crippen LogP contribution in [0.5, 0.6) is 5.75 Å². The van der Waals surface area contributed by atoms with Crippen LogP contribution in [0.15, 0.2) is 60.8 Å². The molecule has 0 N–H and O–H groups in total. The van der Waals surface area contributed by atoms with Gasteiger partial charge in [0.1, 0.15) is 0 Å². The number of carbonyl (C=O) groups excluding carboxylic acids is 1. The van der Waals surface area contributed by atoms with Gasteiger partial charge in [-0.1, -0.05) is 12.1 Å². The highest BCUT2D eigenvalue weighted by atomic mass is 79.9. The minimum Gasteiger partial charge on any atom is -1.00 e. The molecule has 0 spiro atoms. The summed E-state index contributed by atoms with van der Waals surface area (Å²) in [6, 6.07) is 15.9. The van der Waals surface area contributed by atoms with Crippen molar-refractivity contribution in [1.29, 1.82) is 0 Å². The largest absolute Gasteiger partial charge is 1.00 e. The van der Waals surface area contributed by atoms with Crippen LogP contribution in [0, 0.1) is 10.1 Å². The molecule has 0 atom stereocenters. The molecule has 0 unspecified atom stereocenters. The summed E-state index contributed by atoms with van der Waals surface area (Å²) in [4.78, 5) is 23.3. The lowest BCUT2D eigenvalue weighted by Gasteiger charge is -2.06. The highest BCUT2D eigenvalue weighted by molar-refractivity contribution is 5.96. The van der Waals surface area contributed by atoms with Crippen LogP contribution < -0.4 is 26.3 Å². The first-order valence-corrected chi connectivity index (χ1v) is 7.92. The monoisotopic (exact) mass is 416 g/mol. The zero-order chi connectivity index (χ0) is 17.8. The fourth-order valence-electron chi connectivity index (χ4n) is 2.72. The third kappa shape index (κ3) is 4.05. The summed E-state index contributed by atoms with van der Waals surface area (Å²) in [5.41, 5.74) is 1.02. The molecule has 0 amide bonds. The zero-order valence-electron chi connectivity index (χ0n) is 14.1. The van der Waals surface area contributed by atoms with Gasteiger partial charge in [-0.3, -0.25) is 14.9 Å². The smallest absolute Gasteiger partial charge is 0.311 e. The maximum Gasteiger partial charge on any atom is 0.311 e. The lowest BCUT2D eigenvalue weighted by atomic mass is 10.1. The van der Waals surface area contributed by atoms with Gasteiger partial charge in [-0.15, -0.1) is 0 Å². The van der Waals surface area contributed by atoms with Crippen LogP contribution in [0.1, 0.15) is 17.3 Å². The highest BCUT2D eigenvalue weighted by Crippen LogP contribution is 2.28. The number of ketones is 1. The first-order chi connectivity index (χ1) is 12.1. The molecule has 3 aromatic rings. The molecule has 26 heavy (non-hydrogen) atoms. The number of halogens is 1. The maximum absolute atomic E-state index is 12.6. The molecule has 0 aliphatic heterocycles. The van der Waals surface area contributed by atoms with Gasteiger partial charge in [-0.2, -0.15) is 4.57 Å². The van der Waals surface area contributed by atoms with E-state index in [1.807, 2.05) is 47.2 Å². The lowest BCUT2D eigenvalue weighted by Crippen LogP contribution is -3.00. The fraction of sp³-hybridized carbons (Fsp3) is 0.158. The van der Waals surface area contributed by atoms with Gasteiger partial charge in [-0.05, 0) is 31.2 Å². The molecule has 0 saturated heterocycles. The van der Waals surface area contributed by atoms with Crippen molar-refractivity contribution in [1.82, 2.24) is 0 Å². The van der Waals surface area contributed by atoms with Crippen molar-refractivity contribution in [3.8, 4) is 5.75 Å². The quantitative estimate of drug-likeness (QED) is 0.251. The van der Waals surface area contributed by atoms with E-state index in [0.29, 0.717) is 6.61 Å². The van der Waals surface area contributed by atoms with E-state index in [2.05, 4.69) is 0 Å². The van der Waals surface area contributed by atoms with Crippen molar-refractivity contribution in [2.45, 2.75) is 13.5 Å². The van der Waals surface area contributed by atoms with Crippen LogP contribution in [0.2, 0.25) is 0 Å². The van der Waals surface area contributed by atoms with Gasteiger partial charge in [0.15, 0.2) is 11.9 Å². The van der Waals surface area contributed by atoms with E-state index in [0.717, 1.165) is 10.9 Å². The number of Topliss-reactive ketones (excluding diaryl/α,β-unsaturated/α-hetero) is 1. The maximum atomic E-state index is 12.6. The second kappa shape index (κ2) is 8.53. The second-order valence-electron chi connectivity index (χ2n) is 5.49. The van der Waals surface area contributed by atoms with Gasteiger partial charge in [0, 0.05) is 29.1 Å². The van der Waals surface area contributed by atoms with Crippen LogP contribution in [0.3, 0.4) is 0 Å². The van der Waals surface area contributed by atoms with Gasteiger partial charge in [0.2, 0.25) is 17.8 Å². The SMILES string of the molecule is CCOc1ccc(C(=O)C[n+]2cccc3ccccc32)cc1[N+](=O)[O-].[Br-]. The average Bonchev–Trinajstić information content (AvgIpc) is 2.62. The third-order valence-corrected chi connectivity index (χ3v) is 3.88. The lowest BCUT2D eigenvalue weighted by molar-refractivity contribution is -0.657. The first kappa shape index (κ1) is 19.5. The van der Waals surface area contributed by atoms with Crippen molar-refractivity contribution < 1.29 is 36.0 Å². The third-order valence-electron chi connectivity index (χ3n) is 3.88. The molecule has 0 aliphatic carbocycles. The summed E-state index contributed by atoms with van der Waals surface area (Å²) >= 11 is 0. The van der Waals surface area contributed by atoms with Crippen LogP contribution in [-0.2, 0) is 6.54 Å². The Bertz CT molecular complexity index is 954. The number of carbonyl (C=O) groups is 1. The number of hydrogen-bond donors (Lipinski definition) is 0. The molecule has 2 aromatic carbocycles. The van der Waals surface area contributed by atoms with Crippen LogP contribution in [0.4, 0.5) is 5.69 Å². The van der Waals surface area contributed by atoms with Crippen molar-refractivity contribution in [3.63, 3.8) is 0 Å². The summed E-state index contributed by atoms with van der Waals surface area (Å²) in [6.07, 6.45) is 1.82. The van der Waals surface area contributed by atoms with Crippen molar-refractivity contribution in [2.24, 2.45) is 0 Å². The molecule has 6 nitrogen and oxygen atoms in total. The topological polar surface area (TPSA) is 73.3 Å². The van der Waals surface area contributed by atoms with E-state index in [1.54, 1.807) is 13.0 Å². The van der Waals surface area contributed by atoms with Gasteiger partial charge in [-0.25, -0.2) is 0 Å². The minimum atomic E-state index is -0.535. The predicted octanol–water partition coefficient (Wildman–Crippen LogP) is 0.321. The first-order valence-electron chi connectivity index (χ1n) is 7.92. The predicted molar refractivity (Wildman–Crippen MR) is 92.7 cm³/mol.